The Labute approximate surface area is 73.8 Å². The highest BCUT2D eigenvalue weighted by atomic mass is 16.1. The highest BCUT2D eigenvalue weighted by Gasteiger charge is 2.45. The molecule has 0 spiro atoms. The molecule has 3 unspecified atom stereocenters. The summed E-state index contributed by atoms with van der Waals surface area (Å²) in [5, 5.41) is 0. The molecule has 0 N–H and O–H groups in total. The van der Waals surface area contributed by atoms with E-state index in [1.54, 1.807) is 0 Å². The molecule has 66 valence electrons. The number of aldehydes is 1. The van der Waals surface area contributed by atoms with Crippen LogP contribution in [0.1, 0.15) is 20.3 Å². The minimum absolute atomic E-state index is 0.319. The topological polar surface area (TPSA) is 17.1 Å². The highest BCUT2D eigenvalue weighted by Crippen LogP contribution is 2.49. The lowest BCUT2D eigenvalue weighted by Gasteiger charge is -2.27. The minimum atomic E-state index is 0.319. The van der Waals surface area contributed by atoms with Gasteiger partial charge in [0.2, 0.25) is 0 Å². The summed E-state index contributed by atoms with van der Waals surface area (Å²) in [6.45, 7) is 4.46. The van der Waals surface area contributed by atoms with Crippen LogP contribution >= 0.6 is 0 Å². The number of carbonyl (C=O) groups excluding carboxylic acids is 1. The van der Waals surface area contributed by atoms with Crippen LogP contribution in [0.15, 0.2) is 12.2 Å². The molecule has 2 bridgehead atoms. The second kappa shape index (κ2) is 2.72. The van der Waals surface area contributed by atoms with Gasteiger partial charge in [-0.25, -0.2) is 0 Å². The molecule has 0 aromatic rings. The van der Waals surface area contributed by atoms with Crippen molar-refractivity contribution < 1.29 is 4.79 Å². The molecule has 0 aromatic heterocycles. The molecule has 2 aliphatic rings. The van der Waals surface area contributed by atoms with Crippen molar-refractivity contribution in [2.75, 3.05) is 0 Å². The fraction of sp³-hybridized carbons (Fsp3) is 0.727. The molecule has 1 heteroatoms. The van der Waals surface area contributed by atoms with Crippen molar-refractivity contribution in [3.8, 4) is 0 Å². The molecule has 1 nitrogen and oxygen atoms in total. The van der Waals surface area contributed by atoms with Crippen LogP contribution in [0.4, 0.5) is 0 Å². The van der Waals surface area contributed by atoms with Crippen LogP contribution in [0.3, 0.4) is 0 Å². The SMILES string of the molecule is CC(C)C1C2C=CC(C2)[C@H]1C=O. The summed E-state index contributed by atoms with van der Waals surface area (Å²) in [6, 6.07) is 0. The van der Waals surface area contributed by atoms with Crippen molar-refractivity contribution in [3.63, 3.8) is 0 Å². The molecular weight excluding hydrogens is 148 g/mol. The number of rotatable bonds is 2. The first-order chi connectivity index (χ1) is 5.74. The zero-order valence-corrected chi connectivity index (χ0v) is 7.73. The third-order valence-corrected chi connectivity index (χ3v) is 3.51. The van der Waals surface area contributed by atoms with Crippen molar-refractivity contribution in [2.24, 2.45) is 29.6 Å². The third-order valence-electron chi connectivity index (χ3n) is 3.51. The Morgan fingerprint density at radius 1 is 1.33 bits per heavy atom. The number of carbonyl (C=O) groups is 1. The minimum Gasteiger partial charge on any atom is -0.303 e. The van der Waals surface area contributed by atoms with Crippen molar-refractivity contribution in [1.29, 1.82) is 0 Å². The Balaban J connectivity index is 2.22. The highest BCUT2D eigenvalue weighted by molar-refractivity contribution is 5.57. The van der Waals surface area contributed by atoms with E-state index in [2.05, 4.69) is 26.0 Å². The van der Waals surface area contributed by atoms with Crippen LogP contribution in [0.25, 0.3) is 0 Å². The van der Waals surface area contributed by atoms with Crippen LogP contribution in [-0.2, 0) is 4.79 Å². The molecule has 1 fully saturated rings. The van der Waals surface area contributed by atoms with Gasteiger partial charge in [0.05, 0.1) is 0 Å². The van der Waals surface area contributed by atoms with Crippen LogP contribution in [0.2, 0.25) is 0 Å². The van der Waals surface area contributed by atoms with Gasteiger partial charge in [-0.15, -0.1) is 0 Å². The summed E-state index contributed by atoms with van der Waals surface area (Å²) < 4.78 is 0. The second-order valence-corrected chi connectivity index (χ2v) is 4.48. The van der Waals surface area contributed by atoms with Gasteiger partial charge in [0.15, 0.2) is 0 Å². The fourth-order valence-corrected chi connectivity index (χ4v) is 3.03. The molecule has 2 aliphatic carbocycles. The van der Waals surface area contributed by atoms with Crippen LogP contribution in [0.5, 0.6) is 0 Å². The van der Waals surface area contributed by atoms with Crippen molar-refractivity contribution in [2.45, 2.75) is 20.3 Å². The predicted molar refractivity (Wildman–Crippen MR) is 48.6 cm³/mol. The average molecular weight is 164 g/mol. The molecule has 2 rings (SSSR count). The largest absolute Gasteiger partial charge is 0.303 e. The molecular formula is C11H16O. The van der Waals surface area contributed by atoms with E-state index in [4.69, 9.17) is 0 Å². The van der Waals surface area contributed by atoms with E-state index >= 15 is 0 Å². The Bertz CT molecular complexity index is 217. The first-order valence-electron chi connectivity index (χ1n) is 4.87. The molecule has 0 amide bonds. The molecule has 4 atom stereocenters. The van der Waals surface area contributed by atoms with Crippen LogP contribution in [0, 0.1) is 29.6 Å². The Morgan fingerprint density at radius 3 is 2.50 bits per heavy atom. The summed E-state index contributed by atoms with van der Waals surface area (Å²) in [6.07, 6.45) is 6.96. The van der Waals surface area contributed by atoms with Gasteiger partial charge in [-0.05, 0) is 30.1 Å². The third kappa shape index (κ3) is 0.954. The van der Waals surface area contributed by atoms with E-state index in [0.29, 0.717) is 29.6 Å². The van der Waals surface area contributed by atoms with Gasteiger partial charge in [-0.3, -0.25) is 0 Å². The Kier molecular flexibility index (Phi) is 1.82. The fourth-order valence-electron chi connectivity index (χ4n) is 3.03. The van der Waals surface area contributed by atoms with Crippen LogP contribution < -0.4 is 0 Å². The maximum atomic E-state index is 10.9. The summed E-state index contributed by atoms with van der Waals surface area (Å²) in [4.78, 5) is 10.9. The lowest BCUT2D eigenvalue weighted by atomic mass is 9.77. The average Bonchev–Trinajstić information content (AvgIpc) is 2.60. The molecule has 0 saturated heterocycles. The summed E-state index contributed by atoms with van der Waals surface area (Å²) in [5.41, 5.74) is 0. The zero-order valence-electron chi connectivity index (χ0n) is 7.73. The number of allylic oxidation sites excluding steroid dienone is 2. The number of hydrogen-bond acceptors (Lipinski definition) is 1. The molecule has 0 aromatic carbocycles. The van der Waals surface area contributed by atoms with Crippen molar-refractivity contribution >= 4 is 6.29 Å². The summed E-state index contributed by atoms with van der Waals surface area (Å²) in [5.74, 6) is 2.86. The molecule has 0 heterocycles. The normalized spacial score (nSPS) is 44.2. The number of hydrogen-bond donors (Lipinski definition) is 0. The van der Waals surface area contributed by atoms with Crippen molar-refractivity contribution in [3.05, 3.63) is 12.2 Å². The number of fused-ring (bicyclic) bond motifs is 2. The van der Waals surface area contributed by atoms with E-state index in [9.17, 15) is 4.79 Å². The smallest absolute Gasteiger partial charge is 0.123 e. The zero-order chi connectivity index (χ0) is 8.72. The van der Waals surface area contributed by atoms with Gasteiger partial charge < -0.3 is 4.79 Å². The van der Waals surface area contributed by atoms with Gasteiger partial charge >= 0.3 is 0 Å². The van der Waals surface area contributed by atoms with E-state index in [1.165, 1.54) is 12.7 Å². The van der Waals surface area contributed by atoms with E-state index in [-0.39, 0.29) is 0 Å². The molecule has 0 radical (unpaired) electrons. The van der Waals surface area contributed by atoms with E-state index in [0.717, 1.165) is 0 Å². The Morgan fingerprint density at radius 2 is 2.00 bits per heavy atom. The maximum Gasteiger partial charge on any atom is 0.123 e. The van der Waals surface area contributed by atoms with Gasteiger partial charge in [0, 0.05) is 5.92 Å². The van der Waals surface area contributed by atoms with Gasteiger partial charge in [-0.1, -0.05) is 26.0 Å². The second-order valence-electron chi connectivity index (χ2n) is 4.48. The maximum absolute atomic E-state index is 10.9. The van der Waals surface area contributed by atoms with E-state index in [1.807, 2.05) is 0 Å². The lowest BCUT2D eigenvalue weighted by Crippen LogP contribution is -2.25. The molecule has 0 aliphatic heterocycles. The first-order valence-corrected chi connectivity index (χ1v) is 4.87. The van der Waals surface area contributed by atoms with Gasteiger partial charge in [-0.2, -0.15) is 0 Å². The molecule has 1 saturated carbocycles. The van der Waals surface area contributed by atoms with E-state index < -0.39 is 0 Å². The summed E-state index contributed by atoms with van der Waals surface area (Å²) in [7, 11) is 0. The lowest BCUT2D eigenvalue weighted by molar-refractivity contribution is -0.113. The predicted octanol–water partition coefficient (Wildman–Crippen LogP) is 2.28. The van der Waals surface area contributed by atoms with Gasteiger partial charge in [0.1, 0.15) is 6.29 Å². The monoisotopic (exact) mass is 164 g/mol. The van der Waals surface area contributed by atoms with Gasteiger partial charge in [0.25, 0.3) is 0 Å². The first kappa shape index (κ1) is 8.03. The summed E-state index contributed by atoms with van der Waals surface area (Å²) >= 11 is 0. The van der Waals surface area contributed by atoms with Crippen LogP contribution in [-0.4, -0.2) is 6.29 Å². The molecule has 12 heavy (non-hydrogen) atoms. The standard InChI is InChI=1S/C11H16O/c1-7(2)11-9-4-3-8(5-9)10(11)6-12/h3-4,6-11H,5H2,1-2H3/t8?,9?,10-,11?/m1/s1. The quantitative estimate of drug-likeness (QED) is 0.452. The Hall–Kier alpha value is -0.590. The van der Waals surface area contributed by atoms with Crippen molar-refractivity contribution in [1.82, 2.24) is 0 Å².